The highest BCUT2D eigenvalue weighted by atomic mass is 32.2. The lowest BCUT2D eigenvalue weighted by Gasteiger charge is -2.08. The molecular weight excluding hydrogens is 290 g/mol. The number of sulfone groups is 1. The first-order valence-electron chi connectivity index (χ1n) is 5.78. The number of carbonyl (C=O) groups is 1. The highest BCUT2D eigenvalue weighted by molar-refractivity contribution is 7.99. The van der Waals surface area contributed by atoms with E-state index < -0.39 is 15.8 Å². The van der Waals surface area contributed by atoms with Gasteiger partial charge in [-0.15, -0.1) is 10.2 Å². The Labute approximate surface area is 116 Å². The van der Waals surface area contributed by atoms with Crippen LogP contribution in [0.1, 0.15) is 19.2 Å². The van der Waals surface area contributed by atoms with Crippen LogP contribution in [0, 0.1) is 0 Å². The van der Waals surface area contributed by atoms with E-state index in [0.717, 1.165) is 18.2 Å². The minimum atomic E-state index is -3.08. The highest BCUT2D eigenvalue weighted by Crippen LogP contribution is 2.17. The maximum Gasteiger partial charge on any atom is 0.313 e. The molecule has 0 aliphatic carbocycles. The summed E-state index contributed by atoms with van der Waals surface area (Å²) in [5.74, 6) is -0.385. The third-order valence-corrected chi connectivity index (χ3v) is 4.15. The lowest BCUT2D eigenvalue weighted by atomic mass is 10.3. The number of hydrogen-bond donors (Lipinski definition) is 1. The Morgan fingerprint density at radius 1 is 1.42 bits per heavy atom. The summed E-state index contributed by atoms with van der Waals surface area (Å²) in [6.07, 6.45) is 2.71. The van der Waals surface area contributed by atoms with E-state index in [9.17, 15) is 13.2 Å². The number of hydrogen-bond acceptors (Lipinski definition) is 6. The van der Waals surface area contributed by atoms with Crippen molar-refractivity contribution in [2.45, 2.75) is 31.5 Å². The predicted octanol–water partition coefficient (Wildman–Crippen LogP) is 0.452. The van der Waals surface area contributed by atoms with Crippen molar-refractivity contribution in [2.24, 2.45) is 0 Å². The summed E-state index contributed by atoms with van der Waals surface area (Å²) in [6, 6.07) is 0. The minimum Gasteiger partial charge on any atom is -0.481 e. The first-order valence-corrected chi connectivity index (χ1v) is 8.82. The zero-order valence-electron chi connectivity index (χ0n) is 10.9. The quantitative estimate of drug-likeness (QED) is 0.696. The first-order chi connectivity index (χ1) is 8.83. The van der Waals surface area contributed by atoms with Crippen LogP contribution in [0.5, 0.6) is 0 Å². The second-order valence-electron chi connectivity index (χ2n) is 4.11. The van der Waals surface area contributed by atoms with Crippen LogP contribution in [0.2, 0.25) is 0 Å². The van der Waals surface area contributed by atoms with E-state index in [1.807, 2.05) is 6.92 Å². The summed E-state index contributed by atoms with van der Waals surface area (Å²) < 4.78 is 24.1. The molecule has 0 saturated carbocycles. The standard InChI is InChI=1S/C10H17N3O4S2/c1-3-4-8-11-12-10(18-7-9(14)15)13(8)5-6-19(2,16)17/h3-7H2,1-2H3,(H,14,15). The van der Waals surface area contributed by atoms with Gasteiger partial charge in [0.1, 0.15) is 15.7 Å². The van der Waals surface area contributed by atoms with Crippen LogP contribution in [-0.4, -0.2) is 52.0 Å². The van der Waals surface area contributed by atoms with Crippen molar-refractivity contribution < 1.29 is 18.3 Å². The number of thioether (sulfide) groups is 1. The molecule has 9 heteroatoms. The summed E-state index contributed by atoms with van der Waals surface area (Å²) in [4.78, 5) is 10.6. The van der Waals surface area contributed by atoms with Crippen LogP contribution >= 0.6 is 11.8 Å². The van der Waals surface area contributed by atoms with Gasteiger partial charge in [-0.2, -0.15) is 0 Å². The fourth-order valence-corrected chi connectivity index (χ4v) is 2.66. The number of aromatic nitrogens is 3. The molecule has 0 unspecified atom stereocenters. The maximum absolute atomic E-state index is 11.2. The van der Waals surface area contributed by atoms with Crippen LogP contribution in [0.25, 0.3) is 0 Å². The van der Waals surface area contributed by atoms with E-state index in [1.165, 1.54) is 6.26 Å². The zero-order valence-corrected chi connectivity index (χ0v) is 12.5. The Morgan fingerprint density at radius 3 is 2.63 bits per heavy atom. The molecule has 1 rings (SSSR count). The van der Waals surface area contributed by atoms with Crippen molar-refractivity contribution in [3.05, 3.63) is 5.82 Å². The maximum atomic E-state index is 11.2. The number of carboxylic acids is 1. The number of nitrogens with zero attached hydrogens (tertiary/aromatic N) is 3. The van der Waals surface area contributed by atoms with Crippen LogP contribution in [0.4, 0.5) is 0 Å². The molecule has 108 valence electrons. The molecule has 1 N–H and O–H groups in total. The Bertz CT molecular complexity index is 539. The van der Waals surface area contributed by atoms with Crippen LogP contribution in [0.15, 0.2) is 5.16 Å². The lowest BCUT2D eigenvalue weighted by molar-refractivity contribution is -0.133. The molecule has 0 amide bonds. The van der Waals surface area contributed by atoms with E-state index in [1.54, 1.807) is 4.57 Å². The molecule has 19 heavy (non-hydrogen) atoms. The Morgan fingerprint density at radius 2 is 2.11 bits per heavy atom. The molecule has 0 radical (unpaired) electrons. The van der Waals surface area contributed by atoms with E-state index in [4.69, 9.17) is 5.11 Å². The summed E-state index contributed by atoms with van der Waals surface area (Å²) >= 11 is 1.05. The molecule has 0 saturated heterocycles. The average molecular weight is 307 g/mol. The van der Waals surface area contributed by atoms with E-state index in [2.05, 4.69) is 10.2 Å². The van der Waals surface area contributed by atoms with Gasteiger partial charge in [-0.05, 0) is 6.42 Å². The third kappa shape index (κ3) is 5.60. The molecule has 1 aromatic heterocycles. The second kappa shape index (κ2) is 6.90. The Kier molecular flexibility index (Phi) is 5.80. The van der Waals surface area contributed by atoms with Crippen molar-refractivity contribution in [3.8, 4) is 0 Å². The Hall–Kier alpha value is -1.09. The van der Waals surface area contributed by atoms with Gasteiger partial charge in [0.15, 0.2) is 5.16 Å². The lowest BCUT2D eigenvalue weighted by Crippen LogP contribution is -2.14. The van der Waals surface area contributed by atoms with Crippen LogP contribution < -0.4 is 0 Å². The molecule has 0 spiro atoms. The van der Waals surface area contributed by atoms with E-state index >= 15 is 0 Å². The molecule has 0 aliphatic rings. The summed E-state index contributed by atoms with van der Waals surface area (Å²) in [6.45, 7) is 2.24. The van der Waals surface area contributed by atoms with Crippen molar-refractivity contribution in [1.29, 1.82) is 0 Å². The van der Waals surface area contributed by atoms with Crippen molar-refractivity contribution >= 4 is 27.6 Å². The Balaban J connectivity index is 2.87. The van der Waals surface area contributed by atoms with E-state index in [-0.39, 0.29) is 18.1 Å². The monoisotopic (exact) mass is 307 g/mol. The van der Waals surface area contributed by atoms with Crippen molar-refractivity contribution in [1.82, 2.24) is 14.8 Å². The summed E-state index contributed by atoms with van der Waals surface area (Å²) in [5.41, 5.74) is 0. The summed E-state index contributed by atoms with van der Waals surface area (Å²) in [7, 11) is -3.08. The fourth-order valence-electron chi connectivity index (χ4n) is 1.44. The molecule has 1 heterocycles. The largest absolute Gasteiger partial charge is 0.481 e. The predicted molar refractivity (Wildman–Crippen MR) is 72.1 cm³/mol. The molecule has 0 bridgehead atoms. The van der Waals surface area contributed by atoms with Gasteiger partial charge in [-0.3, -0.25) is 4.79 Å². The molecule has 7 nitrogen and oxygen atoms in total. The van der Waals surface area contributed by atoms with E-state index in [0.29, 0.717) is 17.4 Å². The number of aryl methyl sites for hydroxylation is 1. The van der Waals surface area contributed by atoms with Gasteiger partial charge in [-0.1, -0.05) is 18.7 Å². The fraction of sp³-hybridized carbons (Fsp3) is 0.700. The third-order valence-electron chi connectivity index (χ3n) is 2.28. The van der Waals surface area contributed by atoms with Gasteiger partial charge in [-0.25, -0.2) is 8.42 Å². The topological polar surface area (TPSA) is 102 Å². The average Bonchev–Trinajstić information content (AvgIpc) is 2.66. The smallest absolute Gasteiger partial charge is 0.313 e. The number of carboxylic acid groups (broad SMARTS) is 1. The number of rotatable bonds is 8. The number of aliphatic carboxylic acids is 1. The second-order valence-corrected chi connectivity index (χ2v) is 7.31. The van der Waals surface area contributed by atoms with Gasteiger partial charge in [0.25, 0.3) is 0 Å². The molecule has 1 aromatic rings. The van der Waals surface area contributed by atoms with Crippen LogP contribution in [0.3, 0.4) is 0 Å². The zero-order chi connectivity index (χ0) is 14.5. The van der Waals surface area contributed by atoms with Gasteiger partial charge in [0, 0.05) is 19.2 Å². The van der Waals surface area contributed by atoms with Gasteiger partial charge >= 0.3 is 5.97 Å². The highest BCUT2D eigenvalue weighted by Gasteiger charge is 2.15. The molecular formula is C10H17N3O4S2. The van der Waals surface area contributed by atoms with Gasteiger partial charge < -0.3 is 9.67 Å². The molecule has 0 aliphatic heterocycles. The minimum absolute atomic E-state index is 0.0115. The SMILES string of the molecule is CCCc1nnc(SCC(=O)O)n1CCS(C)(=O)=O. The van der Waals surface area contributed by atoms with Gasteiger partial charge in [0.05, 0.1) is 11.5 Å². The van der Waals surface area contributed by atoms with Crippen molar-refractivity contribution in [2.75, 3.05) is 17.8 Å². The summed E-state index contributed by atoms with van der Waals surface area (Å²) in [5, 5.41) is 17.0. The molecule has 0 atom stereocenters. The van der Waals surface area contributed by atoms with Crippen molar-refractivity contribution in [3.63, 3.8) is 0 Å². The van der Waals surface area contributed by atoms with Crippen LogP contribution in [-0.2, 0) is 27.6 Å². The molecule has 0 aromatic carbocycles. The first kappa shape index (κ1) is 16.0. The molecule has 0 fully saturated rings. The van der Waals surface area contributed by atoms with Gasteiger partial charge in [0.2, 0.25) is 0 Å². The normalized spacial score (nSPS) is 11.7.